The molecule has 2 heteroatoms. The Bertz CT molecular complexity index is 3200. The van der Waals surface area contributed by atoms with E-state index >= 15 is 0 Å². The van der Waals surface area contributed by atoms with E-state index in [1.165, 1.54) is 79.6 Å². The van der Waals surface area contributed by atoms with E-state index in [0.29, 0.717) is 0 Å². The maximum atomic E-state index is 6.61. The summed E-state index contributed by atoms with van der Waals surface area (Å²) in [6.45, 7) is 0. The molecule has 0 spiro atoms. The van der Waals surface area contributed by atoms with E-state index in [1.807, 2.05) is 6.07 Å². The SMILES string of the molecule is c1ccc(-c2ccc(N(c3ccc4c(c3)oc3ccccc34)c3cc4c(cc3-c3ccc5c(c3)CCCC5)-c3ccccc3C4(c3ccccc3)c3ccccc3)cc2)cc1. The van der Waals surface area contributed by atoms with E-state index < -0.39 is 5.41 Å². The highest BCUT2D eigenvalue weighted by atomic mass is 16.3. The molecule has 0 atom stereocenters. The third kappa shape index (κ3) is 5.70. The Morgan fingerprint density at radius 2 is 0.984 bits per heavy atom. The van der Waals surface area contributed by atoms with Gasteiger partial charge in [-0.05, 0) is 129 Å². The molecule has 61 heavy (non-hydrogen) atoms. The minimum Gasteiger partial charge on any atom is -0.456 e. The van der Waals surface area contributed by atoms with Crippen LogP contribution in [0.2, 0.25) is 0 Å². The number of fused-ring (bicyclic) bond motifs is 7. The molecule has 0 saturated heterocycles. The first-order valence-electron chi connectivity index (χ1n) is 21.6. The zero-order valence-corrected chi connectivity index (χ0v) is 33.9. The summed E-state index contributed by atoms with van der Waals surface area (Å²) in [7, 11) is 0. The molecule has 0 bridgehead atoms. The predicted molar refractivity (Wildman–Crippen MR) is 253 cm³/mol. The van der Waals surface area contributed by atoms with Gasteiger partial charge in [-0.25, -0.2) is 0 Å². The van der Waals surface area contributed by atoms with E-state index in [1.54, 1.807) is 0 Å². The number of nitrogens with zero attached hydrogens (tertiary/aromatic N) is 1. The molecule has 10 aromatic rings. The Hall–Kier alpha value is -7.42. The summed E-state index contributed by atoms with van der Waals surface area (Å²) in [5, 5.41) is 2.24. The Morgan fingerprint density at radius 3 is 1.75 bits per heavy atom. The lowest BCUT2D eigenvalue weighted by Crippen LogP contribution is -2.28. The number of benzene rings is 9. The monoisotopic (exact) mass is 781 g/mol. The molecule has 0 fully saturated rings. The van der Waals surface area contributed by atoms with Gasteiger partial charge in [0.2, 0.25) is 0 Å². The molecule has 0 amide bonds. The minimum absolute atomic E-state index is 0.552. The summed E-state index contributed by atoms with van der Waals surface area (Å²) in [6, 6.07) is 78.5. The summed E-state index contributed by atoms with van der Waals surface area (Å²) in [6.07, 6.45) is 4.75. The third-order valence-electron chi connectivity index (χ3n) is 13.3. The maximum absolute atomic E-state index is 6.61. The van der Waals surface area contributed by atoms with E-state index in [2.05, 4.69) is 211 Å². The number of anilines is 3. The molecule has 0 N–H and O–H groups in total. The van der Waals surface area contributed by atoms with Gasteiger partial charge in [0.25, 0.3) is 0 Å². The van der Waals surface area contributed by atoms with Crippen LogP contribution in [0.1, 0.15) is 46.2 Å². The van der Waals surface area contributed by atoms with Crippen LogP contribution < -0.4 is 4.90 Å². The summed E-state index contributed by atoms with van der Waals surface area (Å²) < 4.78 is 6.61. The molecule has 12 rings (SSSR count). The van der Waals surface area contributed by atoms with Gasteiger partial charge in [-0.15, -0.1) is 0 Å². The molecule has 2 aliphatic rings. The van der Waals surface area contributed by atoms with Gasteiger partial charge in [0.1, 0.15) is 11.2 Å². The van der Waals surface area contributed by atoms with Crippen LogP contribution in [0.4, 0.5) is 17.1 Å². The van der Waals surface area contributed by atoms with Crippen LogP contribution in [0.3, 0.4) is 0 Å². The Balaban J connectivity index is 1.18. The standard InChI is InChI=1S/C59H43NO/c1-4-16-40(17-5-1)42-30-32-47(33-31-42)60(48-34-35-51-50-25-13-15-27-57(50)61-58(51)37-48)56-39-55-53(38-52(56)44-29-28-41-18-10-11-19-43(41)36-44)49-24-12-14-26-54(49)59(55,45-20-6-2-7-21-45)46-22-8-3-9-23-46/h1-9,12-17,20-39H,10-11,18-19H2. The van der Waals surface area contributed by atoms with Crippen molar-refractivity contribution in [1.29, 1.82) is 0 Å². The van der Waals surface area contributed by atoms with Gasteiger partial charge in [0.15, 0.2) is 0 Å². The average Bonchev–Trinajstić information content (AvgIpc) is 3.85. The second-order valence-electron chi connectivity index (χ2n) is 16.7. The molecular formula is C59H43NO. The van der Waals surface area contributed by atoms with E-state index in [9.17, 15) is 0 Å². The number of hydrogen-bond donors (Lipinski definition) is 0. The van der Waals surface area contributed by atoms with Crippen molar-refractivity contribution >= 4 is 39.0 Å². The summed E-state index contributed by atoms with van der Waals surface area (Å²) >= 11 is 0. The number of aryl methyl sites for hydroxylation is 2. The van der Waals surface area contributed by atoms with Crippen LogP contribution in [-0.4, -0.2) is 0 Å². The zero-order valence-electron chi connectivity index (χ0n) is 33.9. The molecule has 2 aliphatic carbocycles. The van der Waals surface area contributed by atoms with Crippen molar-refractivity contribution in [3.05, 3.63) is 246 Å². The summed E-state index contributed by atoms with van der Waals surface area (Å²) in [5.74, 6) is 0. The van der Waals surface area contributed by atoms with Gasteiger partial charge in [-0.2, -0.15) is 0 Å². The molecule has 1 heterocycles. The Kier molecular flexibility index (Phi) is 8.38. The van der Waals surface area contributed by atoms with Crippen LogP contribution >= 0.6 is 0 Å². The maximum Gasteiger partial charge on any atom is 0.137 e. The van der Waals surface area contributed by atoms with Gasteiger partial charge >= 0.3 is 0 Å². The molecular weight excluding hydrogens is 739 g/mol. The van der Waals surface area contributed by atoms with Gasteiger partial charge in [0, 0.05) is 33.8 Å². The summed E-state index contributed by atoms with van der Waals surface area (Å²) in [4.78, 5) is 2.47. The van der Waals surface area contributed by atoms with Crippen LogP contribution in [0.15, 0.2) is 217 Å². The first-order chi connectivity index (χ1) is 30.2. The smallest absolute Gasteiger partial charge is 0.137 e. The molecule has 290 valence electrons. The first kappa shape index (κ1) is 35.5. The minimum atomic E-state index is -0.552. The lowest BCUT2D eigenvalue weighted by molar-refractivity contribution is 0.669. The van der Waals surface area contributed by atoms with Crippen molar-refractivity contribution in [2.45, 2.75) is 31.1 Å². The van der Waals surface area contributed by atoms with Crippen molar-refractivity contribution in [1.82, 2.24) is 0 Å². The van der Waals surface area contributed by atoms with Crippen molar-refractivity contribution in [2.75, 3.05) is 4.90 Å². The highest BCUT2D eigenvalue weighted by molar-refractivity contribution is 6.06. The quantitative estimate of drug-likeness (QED) is 0.160. The molecule has 0 unspecified atom stereocenters. The van der Waals surface area contributed by atoms with Crippen LogP contribution in [0.25, 0.3) is 55.3 Å². The van der Waals surface area contributed by atoms with E-state index in [0.717, 1.165) is 51.8 Å². The van der Waals surface area contributed by atoms with E-state index in [-0.39, 0.29) is 0 Å². The molecule has 2 nitrogen and oxygen atoms in total. The average molecular weight is 782 g/mol. The Labute approximate surface area is 357 Å². The molecule has 0 radical (unpaired) electrons. The fraction of sp³-hybridized carbons (Fsp3) is 0.0847. The Morgan fingerprint density at radius 1 is 0.377 bits per heavy atom. The number of hydrogen-bond acceptors (Lipinski definition) is 2. The van der Waals surface area contributed by atoms with Crippen molar-refractivity contribution < 1.29 is 4.42 Å². The van der Waals surface area contributed by atoms with Gasteiger partial charge in [0.05, 0.1) is 11.1 Å². The first-order valence-corrected chi connectivity index (χ1v) is 21.6. The predicted octanol–water partition coefficient (Wildman–Crippen LogP) is 15.6. The normalized spacial score (nSPS) is 13.8. The van der Waals surface area contributed by atoms with Crippen molar-refractivity contribution in [3.8, 4) is 33.4 Å². The van der Waals surface area contributed by atoms with Crippen LogP contribution in [0.5, 0.6) is 0 Å². The van der Waals surface area contributed by atoms with Gasteiger partial charge in [-0.1, -0.05) is 164 Å². The fourth-order valence-corrected chi connectivity index (χ4v) is 10.5. The largest absolute Gasteiger partial charge is 0.456 e. The summed E-state index contributed by atoms with van der Waals surface area (Å²) in [5.41, 5.74) is 19.9. The third-order valence-corrected chi connectivity index (χ3v) is 13.3. The second-order valence-corrected chi connectivity index (χ2v) is 16.7. The van der Waals surface area contributed by atoms with Crippen LogP contribution in [0, 0.1) is 0 Å². The molecule has 1 aromatic heterocycles. The highest BCUT2D eigenvalue weighted by Gasteiger charge is 2.47. The van der Waals surface area contributed by atoms with Crippen molar-refractivity contribution in [3.63, 3.8) is 0 Å². The second kappa shape index (κ2) is 14.4. The topological polar surface area (TPSA) is 16.4 Å². The van der Waals surface area contributed by atoms with Crippen LogP contribution in [-0.2, 0) is 18.3 Å². The van der Waals surface area contributed by atoms with Gasteiger partial charge < -0.3 is 9.32 Å². The molecule has 9 aromatic carbocycles. The highest BCUT2D eigenvalue weighted by Crippen LogP contribution is 2.59. The lowest BCUT2D eigenvalue weighted by Gasteiger charge is -2.35. The fourth-order valence-electron chi connectivity index (χ4n) is 10.5. The lowest BCUT2D eigenvalue weighted by atomic mass is 9.67. The number of rotatable bonds is 7. The van der Waals surface area contributed by atoms with E-state index in [4.69, 9.17) is 4.42 Å². The zero-order chi connectivity index (χ0) is 40.3. The number of para-hydroxylation sites is 1. The molecule has 0 aliphatic heterocycles. The molecule has 0 saturated carbocycles. The van der Waals surface area contributed by atoms with Gasteiger partial charge in [-0.3, -0.25) is 0 Å². The van der Waals surface area contributed by atoms with Crippen molar-refractivity contribution in [2.24, 2.45) is 0 Å². The number of furan rings is 1.